The van der Waals surface area contributed by atoms with Crippen molar-refractivity contribution >= 4 is 17.3 Å². The smallest absolute Gasteiger partial charge is 0.260 e. The molecule has 0 radical (unpaired) electrons. The highest BCUT2D eigenvalue weighted by atomic mass is 16.3. The summed E-state index contributed by atoms with van der Waals surface area (Å²) in [6, 6.07) is 14.0. The molecule has 0 saturated carbocycles. The summed E-state index contributed by atoms with van der Waals surface area (Å²) in [4.78, 5) is 12.2. The second-order valence-corrected chi connectivity index (χ2v) is 4.40. The van der Waals surface area contributed by atoms with Crippen LogP contribution in [0, 0.1) is 0 Å². The van der Waals surface area contributed by atoms with Gasteiger partial charge < -0.3 is 15.7 Å². The molecule has 112 valence electrons. The molecule has 3 N–H and O–H groups in total. The molecule has 0 unspecified atom stereocenters. The van der Waals surface area contributed by atoms with Crippen LogP contribution in [0.3, 0.4) is 0 Å². The Morgan fingerprint density at radius 1 is 1.14 bits per heavy atom. The van der Waals surface area contributed by atoms with Crippen molar-refractivity contribution < 1.29 is 9.90 Å². The molecular weight excluding hydrogens is 280 g/mol. The second kappa shape index (κ2) is 7.03. The van der Waals surface area contributed by atoms with Crippen molar-refractivity contribution in [2.24, 2.45) is 10.2 Å². The number of amides is 1. The molecule has 6 nitrogen and oxygen atoms in total. The van der Waals surface area contributed by atoms with Gasteiger partial charge in [-0.25, -0.2) is 0 Å². The molecule has 0 bridgehead atoms. The number of anilines is 1. The zero-order valence-electron chi connectivity index (χ0n) is 12.1. The van der Waals surface area contributed by atoms with Gasteiger partial charge in [-0.3, -0.25) is 4.79 Å². The van der Waals surface area contributed by atoms with Crippen LogP contribution >= 0.6 is 0 Å². The molecule has 0 aliphatic carbocycles. The summed E-state index contributed by atoms with van der Waals surface area (Å²) < 4.78 is 0. The third-order valence-corrected chi connectivity index (χ3v) is 2.80. The number of carbonyl (C=O) groups is 1. The Balaban J connectivity index is 2.09. The molecule has 0 heterocycles. The Hall–Kier alpha value is -3.15. The average molecular weight is 296 g/mol. The minimum atomic E-state index is -0.487. The maximum absolute atomic E-state index is 12.2. The number of nitrogens with one attached hydrogen (secondary N) is 2. The van der Waals surface area contributed by atoms with Crippen LogP contribution in [0.15, 0.2) is 71.2 Å². The van der Waals surface area contributed by atoms with Gasteiger partial charge in [0.15, 0.2) is 5.75 Å². The van der Waals surface area contributed by atoms with Gasteiger partial charge in [0.25, 0.3) is 5.91 Å². The minimum absolute atomic E-state index is 0.0981. The van der Waals surface area contributed by atoms with Crippen LogP contribution in [0.4, 0.5) is 11.4 Å². The van der Waals surface area contributed by atoms with E-state index in [1.807, 2.05) is 30.3 Å². The number of benzene rings is 2. The third-order valence-electron chi connectivity index (χ3n) is 2.80. The Kier molecular flexibility index (Phi) is 4.87. The summed E-state index contributed by atoms with van der Waals surface area (Å²) in [5.41, 5.74) is 1.13. The monoisotopic (exact) mass is 296 g/mol. The highest BCUT2D eigenvalue weighted by Crippen LogP contribution is 2.30. The molecule has 1 amide bonds. The van der Waals surface area contributed by atoms with Gasteiger partial charge in [0, 0.05) is 12.7 Å². The van der Waals surface area contributed by atoms with Gasteiger partial charge in [0.2, 0.25) is 0 Å². The highest BCUT2D eigenvalue weighted by molar-refractivity contribution is 5.99. The van der Waals surface area contributed by atoms with Crippen LogP contribution < -0.4 is 10.6 Å². The molecule has 2 aromatic rings. The number of rotatable bonds is 5. The lowest BCUT2D eigenvalue weighted by Crippen LogP contribution is -2.26. The molecule has 0 spiro atoms. The minimum Gasteiger partial charge on any atom is -0.505 e. The van der Waals surface area contributed by atoms with Crippen molar-refractivity contribution in [3.8, 4) is 5.75 Å². The molecular formula is C16H16N4O2. The molecule has 22 heavy (non-hydrogen) atoms. The molecule has 0 saturated heterocycles. The topological polar surface area (TPSA) is 86.1 Å². The second-order valence-electron chi connectivity index (χ2n) is 4.40. The van der Waals surface area contributed by atoms with E-state index in [0.29, 0.717) is 5.82 Å². The summed E-state index contributed by atoms with van der Waals surface area (Å²) in [6.07, 6.45) is 0. The zero-order chi connectivity index (χ0) is 15.9. The molecule has 6 heteroatoms. The summed E-state index contributed by atoms with van der Waals surface area (Å²) in [6.45, 7) is 3.74. The molecule has 2 aromatic carbocycles. The number of phenolic OH excluding ortho intramolecular Hbond substituents is 1. The number of carbonyl (C=O) groups excluding carboxylic acids is 1. The quantitative estimate of drug-likeness (QED) is 0.739. The van der Waals surface area contributed by atoms with E-state index in [-0.39, 0.29) is 17.0 Å². The van der Waals surface area contributed by atoms with E-state index in [0.717, 1.165) is 5.69 Å². The van der Waals surface area contributed by atoms with Gasteiger partial charge in [0.1, 0.15) is 11.5 Å². The summed E-state index contributed by atoms with van der Waals surface area (Å²) in [5.74, 6) is -0.407. The number of aromatic hydroxyl groups is 1. The molecule has 2 rings (SSSR count). The van der Waals surface area contributed by atoms with Crippen molar-refractivity contribution in [2.45, 2.75) is 0 Å². The number of hydrogen-bond donors (Lipinski definition) is 3. The Labute approximate surface area is 128 Å². The van der Waals surface area contributed by atoms with Crippen molar-refractivity contribution in [1.82, 2.24) is 5.32 Å². The molecule has 0 atom stereocenters. The van der Waals surface area contributed by atoms with E-state index in [2.05, 4.69) is 27.4 Å². The Morgan fingerprint density at radius 2 is 1.86 bits per heavy atom. The fraction of sp³-hybridized carbons (Fsp3) is 0.0625. The van der Waals surface area contributed by atoms with Gasteiger partial charge in [0.05, 0.1) is 5.56 Å². The predicted molar refractivity (Wildman–Crippen MR) is 85.2 cm³/mol. The van der Waals surface area contributed by atoms with E-state index < -0.39 is 5.91 Å². The summed E-state index contributed by atoms with van der Waals surface area (Å²) in [5, 5.41) is 22.9. The zero-order valence-corrected chi connectivity index (χ0v) is 12.1. The molecule has 0 aromatic heterocycles. The molecule has 0 aliphatic heterocycles. The first-order chi connectivity index (χ1) is 10.6. The van der Waals surface area contributed by atoms with Crippen LogP contribution in [-0.2, 0) is 0 Å². The van der Waals surface area contributed by atoms with Crippen molar-refractivity contribution in [1.29, 1.82) is 0 Å². The van der Waals surface area contributed by atoms with Gasteiger partial charge in [-0.2, -0.15) is 10.2 Å². The number of phenols is 1. The van der Waals surface area contributed by atoms with Crippen LogP contribution in [0.5, 0.6) is 5.75 Å². The number of hydrogen-bond acceptors (Lipinski definition) is 5. The first-order valence-corrected chi connectivity index (χ1v) is 6.56. The first-order valence-electron chi connectivity index (χ1n) is 6.56. The fourth-order valence-corrected chi connectivity index (χ4v) is 1.83. The first kappa shape index (κ1) is 15.2. The highest BCUT2D eigenvalue weighted by Gasteiger charge is 2.14. The lowest BCUT2D eigenvalue weighted by Gasteiger charge is -2.12. The lowest BCUT2D eigenvalue weighted by molar-refractivity contribution is 0.0964. The maximum atomic E-state index is 12.2. The van der Waals surface area contributed by atoms with E-state index in [1.54, 1.807) is 12.1 Å². The van der Waals surface area contributed by atoms with Gasteiger partial charge >= 0.3 is 0 Å². The van der Waals surface area contributed by atoms with Gasteiger partial charge in [-0.05, 0) is 24.3 Å². The Bertz CT molecular complexity index is 711. The Morgan fingerprint density at radius 3 is 2.55 bits per heavy atom. The van der Waals surface area contributed by atoms with Crippen molar-refractivity contribution in [3.05, 3.63) is 66.5 Å². The van der Waals surface area contributed by atoms with Gasteiger partial charge in [-0.1, -0.05) is 30.8 Å². The van der Waals surface area contributed by atoms with E-state index in [9.17, 15) is 9.90 Å². The number of nitrogens with zero attached hydrogens (tertiary/aromatic N) is 2. The normalized spacial score (nSPS) is 10.4. The molecule has 0 aliphatic rings. The largest absolute Gasteiger partial charge is 0.505 e. The molecule has 0 fully saturated rings. The maximum Gasteiger partial charge on any atom is 0.260 e. The number of para-hydroxylation sites is 2. The van der Waals surface area contributed by atoms with E-state index in [4.69, 9.17) is 0 Å². The summed E-state index contributed by atoms with van der Waals surface area (Å²) >= 11 is 0. The fourth-order valence-electron chi connectivity index (χ4n) is 1.83. The van der Waals surface area contributed by atoms with Crippen LogP contribution in [0.25, 0.3) is 0 Å². The van der Waals surface area contributed by atoms with Crippen LogP contribution in [-0.4, -0.2) is 18.1 Å². The third kappa shape index (κ3) is 3.69. The predicted octanol–water partition coefficient (Wildman–Crippen LogP) is 3.42. The SMILES string of the molecule is C=C(NC(=O)c1cccc(N=NC)c1O)Nc1ccccc1. The van der Waals surface area contributed by atoms with E-state index in [1.165, 1.54) is 13.1 Å². The lowest BCUT2D eigenvalue weighted by atomic mass is 10.1. The standard InChI is InChI=1S/C16H16N4O2/c1-11(18-12-7-4-3-5-8-12)19-16(22)13-9-6-10-14(15(13)21)20-17-2/h3-10,18,21H,1H2,2H3,(H,19,22). The number of azo groups is 1. The van der Waals surface area contributed by atoms with Crippen molar-refractivity contribution in [3.63, 3.8) is 0 Å². The van der Waals surface area contributed by atoms with Gasteiger partial charge in [-0.15, -0.1) is 0 Å². The summed E-state index contributed by atoms with van der Waals surface area (Å²) in [7, 11) is 1.48. The average Bonchev–Trinajstić information content (AvgIpc) is 2.50. The van der Waals surface area contributed by atoms with Crippen LogP contribution in [0.2, 0.25) is 0 Å². The van der Waals surface area contributed by atoms with E-state index >= 15 is 0 Å². The van der Waals surface area contributed by atoms with Crippen LogP contribution in [0.1, 0.15) is 10.4 Å². The van der Waals surface area contributed by atoms with Crippen molar-refractivity contribution in [2.75, 3.05) is 12.4 Å².